The lowest BCUT2D eigenvalue weighted by atomic mass is 10.1. The van der Waals surface area contributed by atoms with Crippen LogP contribution in [0.3, 0.4) is 0 Å². The molecule has 0 bridgehead atoms. The highest BCUT2D eigenvalue weighted by molar-refractivity contribution is 7.19. The standard InChI is InChI=1S/C17H19Cl2N5O3S/c1-2-27-17(26)24-8-6-10(7-9-24)20-15-22-23-16(28-15)21-14(25)13-11(18)4-3-5-12(13)19/h3-5,10H,2,6-9H2,1H3,(H,20,22)(H,21,23,25). The first-order valence-electron chi connectivity index (χ1n) is 8.75. The molecule has 2 amide bonds. The Kier molecular flexibility index (Phi) is 6.93. The minimum atomic E-state index is -0.443. The zero-order chi connectivity index (χ0) is 20.1. The number of rotatable bonds is 5. The normalized spacial score (nSPS) is 14.6. The summed E-state index contributed by atoms with van der Waals surface area (Å²) in [7, 11) is 0. The largest absolute Gasteiger partial charge is 0.450 e. The number of hydrogen-bond acceptors (Lipinski definition) is 7. The first-order chi connectivity index (χ1) is 13.5. The van der Waals surface area contributed by atoms with E-state index in [0.29, 0.717) is 30.0 Å². The Bertz CT molecular complexity index is 835. The number of ether oxygens (including phenoxy) is 1. The van der Waals surface area contributed by atoms with Gasteiger partial charge in [-0.3, -0.25) is 10.1 Å². The smallest absolute Gasteiger partial charge is 0.409 e. The van der Waals surface area contributed by atoms with Crippen molar-refractivity contribution in [2.24, 2.45) is 0 Å². The summed E-state index contributed by atoms with van der Waals surface area (Å²) in [4.78, 5) is 25.8. The van der Waals surface area contributed by atoms with Crippen molar-refractivity contribution in [2.75, 3.05) is 30.3 Å². The van der Waals surface area contributed by atoms with Gasteiger partial charge in [-0.15, -0.1) is 10.2 Å². The third-order valence-corrected chi connectivity index (χ3v) is 5.58. The Hall–Kier alpha value is -2.10. The van der Waals surface area contributed by atoms with Gasteiger partial charge in [0.1, 0.15) is 0 Å². The van der Waals surface area contributed by atoms with E-state index >= 15 is 0 Å². The third kappa shape index (κ3) is 5.03. The second kappa shape index (κ2) is 9.40. The first kappa shape index (κ1) is 20.6. The quantitative estimate of drug-likeness (QED) is 0.720. The number of halogens is 2. The van der Waals surface area contributed by atoms with E-state index in [9.17, 15) is 9.59 Å². The minimum Gasteiger partial charge on any atom is -0.450 e. The monoisotopic (exact) mass is 443 g/mol. The molecule has 2 heterocycles. The highest BCUT2D eigenvalue weighted by atomic mass is 35.5. The summed E-state index contributed by atoms with van der Waals surface area (Å²) in [6.07, 6.45) is 1.27. The van der Waals surface area contributed by atoms with E-state index in [2.05, 4.69) is 20.8 Å². The molecule has 2 aromatic rings. The maximum absolute atomic E-state index is 12.4. The Morgan fingerprint density at radius 3 is 2.50 bits per heavy atom. The number of carbonyl (C=O) groups excluding carboxylic acids is 2. The zero-order valence-electron chi connectivity index (χ0n) is 15.1. The van der Waals surface area contributed by atoms with Crippen molar-refractivity contribution < 1.29 is 14.3 Å². The van der Waals surface area contributed by atoms with Gasteiger partial charge in [-0.1, -0.05) is 40.6 Å². The average molecular weight is 444 g/mol. The van der Waals surface area contributed by atoms with Crippen LogP contribution < -0.4 is 10.6 Å². The Morgan fingerprint density at radius 2 is 1.86 bits per heavy atom. The van der Waals surface area contributed by atoms with Gasteiger partial charge < -0.3 is 15.0 Å². The predicted octanol–water partition coefficient (Wildman–Crippen LogP) is 4.13. The van der Waals surface area contributed by atoms with Gasteiger partial charge in [0.25, 0.3) is 5.91 Å². The topological polar surface area (TPSA) is 96.4 Å². The van der Waals surface area contributed by atoms with Gasteiger partial charge in [0.05, 0.1) is 22.2 Å². The molecule has 1 aromatic heterocycles. The maximum atomic E-state index is 12.4. The molecular formula is C17H19Cl2N5O3S. The number of piperidine rings is 1. The average Bonchev–Trinajstić information content (AvgIpc) is 3.09. The lowest BCUT2D eigenvalue weighted by Crippen LogP contribution is -2.42. The lowest BCUT2D eigenvalue weighted by molar-refractivity contribution is 0.0981. The predicted molar refractivity (Wildman–Crippen MR) is 110 cm³/mol. The van der Waals surface area contributed by atoms with Crippen molar-refractivity contribution in [1.29, 1.82) is 0 Å². The molecule has 0 saturated carbocycles. The molecule has 0 atom stereocenters. The molecular weight excluding hydrogens is 425 g/mol. The number of anilines is 2. The van der Waals surface area contributed by atoms with Crippen LogP contribution in [-0.2, 0) is 4.74 Å². The number of hydrogen-bond donors (Lipinski definition) is 2. The van der Waals surface area contributed by atoms with Gasteiger partial charge in [-0.2, -0.15) is 0 Å². The van der Waals surface area contributed by atoms with Gasteiger partial charge >= 0.3 is 6.09 Å². The summed E-state index contributed by atoms with van der Waals surface area (Å²) in [6, 6.07) is 5.03. The number of nitrogens with zero attached hydrogens (tertiary/aromatic N) is 3. The van der Waals surface area contributed by atoms with Crippen LogP contribution in [0.1, 0.15) is 30.1 Å². The highest BCUT2D eigenvalue weighted by Crippen LogP contribution is 2.27. The molecule has 1 aromatic carbocycles. The third-order valence-electron chi connectivity index (χ3n) is 4.18. The van der Waals surface area contributed by atoms with Gasteiger partial charge in [-0.25, -0.2) is 4.79 Å². The number of aromatic nitrogens is 2. The van der Waals surface area contributed by atoms with Crippen LogP contribution in [-0.4, -0.2) is 52.8 Å². The first-order valence-corrected chi connectivity index (χ1v) is 10.3. The molecule has 1 fully saturated rings. The van der Waals surface area contributed by atoms with Crippen LogP contribution in [0.25, 0.3) is 0 Å². The fraction of sp³-hybridized carbons (Fsp3) is 0.412. The van der Waals surface area contributed by atoms with Gasteiger partial charge in [0.2, 0.25) is 10.3 Å². The van der Waals surface area contributed by atoms with E-state index in [1.165, 1.54) is 11.3 Å². The fourth-order valence-corrected chi connectivity index (χ4v) is 4.09. The summed E-state index contributed by atoms with van der Waals surface area (Å²) in [6.45, 7) is 3.39. The van der Waals surface area contributed by atoms with E-state index in [-0.39, 0.29) is 27.7 Å². The molecule has 2 N–H and O–H groups in total. The van der Waals surface area contributed by atoms with Crippen molar-refractivity contribution in [3.63, 3.8) is 0 Å². The second-order valence-electron chi connectivity index (χ2n) is 6.07. The molecule has 1 aliphatic rings. The molecule has 1 saturated heterocycles. The van der Waals surface area contributed by atoms with Gasteiger partial charge in [-0.05, 0) is 31.9 Å². The number of nitrogens with one attached hydrogen (secondary N) is 2. The molecule has 28 heavy (non-hydrogen) atoms. The molecule has 0 radical (unpaired) electrons. The lowest BCUT2D eigenvalue weighted by Gasteiger charge is -2.31. The van der Waals surface area contributed by atoms with Crippen LogP contribution in [0, 0.1) is 0 Å². The van der Waals surface area contributed by atoms with Crippen molar-refractivity contribution >= 4 is 56.8 Å². The fourth-order valence-electron chi connectivity index (χ4n) is 2.80. The summed E-state index contributed by atoms with van der Waals surface area (Å²) in [5.74, 6) is -0.443. The van der Waals surface area contributed by atoms with Crippen LogP contribution in [0.4, 0.5) is 15.1 Å². The molecule has 0 unspecified atom stereocenters. The number of amides is 2. The molecule has 0 spiro atoms. The Balaban J connectivity index is 1.54. The van der Waals surface area contributed by atoms with Crippen LogP contribution in [0.15, 0.2) is 18.2 Å². The number of carbonyl (C=O) groups is 2. The van der Waals surface area contributed by atoms with E-state index < -0.39 is 5.91 Å². The minimum absolute atomic E-state index is 0.167. The number of benzene rings is 1. The van der Waals surface area contributed by atoms with Crippen molar-refractivity contribution in [1.82, 2.24) is 15.1 Å². The number of likely N-dealkylation sites (tertiary alicyclic amines) is 1. The molecule has 0 aliphatic carbocycles. The summed E-state index contributed by atoms with van der Waals surface area (Å²) < 4.78 is 5.02. The van der Waals surface area contributed by atoms with Gasteiger partial charge in [0.15, 0.2) is 0 Å². The van der Waals surface area contributed by atoms with E-state index in [1.54, 1.807) is 30.0 Å². The van der Waals surface area contributed by atoms with Crippen molar-refractivity contribution in [2.45, 2.75) is 25.8 Å². The SMILES string of the molecule is CCOC(=O)N1CCC(Nc2nnc(NC(=O)c3c(Cl)cccc3Cl)s2)CC1. The van der Waals surface area contributed by atoms with Crippen LogP contribution in [0.5, 0.6) is 0 Å². The maximum Gasteiger partial charge on any atom is 0.409 e. The van der Waals surface area contributed by atoms with Crippen LogP contribution in [0.2, 0.25) is 10.0 Å². The highest BCUT2D eigenvalue weighted by Gasteiger charge is 2.24. The van der Waals surface area contributed by atoms with Crippen molar-refractivity contribution in [3.05, 3.63) is 33.8 Å². The van der Waals surface area contributed by atoms with E-state index in [1.807, 2.05) is 0 Å². The van der Waals surface area contributed by atoms with E-state index in [0.717, 1.165) is 12.8 Å². The van der Waals surface area contributed by atoms with Crippen molar-refractivity contribution in [3.8, 4) is 0 Å². The zero-order valence-corrected chi connectivity index (χ0v) is 17.4. The molecule has 1 aliphatic heterocycles. The Labute approximate surface area is 176 Å². The molecule has 150 valence electrons. The molecule has 8 nitrogen and oxygen atoms in total. The molecule has 11 heteroatoms. The Morgan fingerprint density at radius 1 is 1.21 bits per heavy atom. The second-order valence-corrected chi connectivity index (χ2v) is 7.86. The molecule has 3 rings (SSSR count). The summed E-state index contributed by atoms with van der Waals surface area (Å²) in [5.41, 5.74) is 0.196. The van der Waals surface area contributed by atoms with Gasteiger partial charge in [0, 0.05) is 19.1 Å². The summed E-state index contributed by atoms with van der Waals surface area (Å²) >= 11 is 13.3. The van der Waals surface area contributed by atoms with Crippen LogP contribution >= 0.6 is 34.5 Å². The van der Waals surface area contributed by atoms with E-state index in [4.69, 9.17) is 27.9 Å². The summed E-state index contributed by atoms with van der Waals surface area (Å²) in [5, 5.41) is 15.4.